The molecule has 1 unspecified atom stereocenters. The van der Waals surface area contributed by atoms with Gasteiger partial charge in [-0.2, -0.15) is 13.2 Å². The summed E-state index contributed by atoms with van der Waals surface area (Å²) in [4.78, 5) is 0. The molecule has 0 amide bonds. The van der Waals surface area contributed by atoms with Gasteiger partial charge in [0.1, 0.15) is 0 Å². The minimum absolute atomic E-state index is 0.241. The number of alkyl halides is 3. The topological polar surface area (TPSA) is 12.0 Å². The molecular weight excluding hydrogens is 319 g/mol. The van der Waals surface area contributed by atoms with Gasteiger partial charge in [0.2, 0.25) is 0 Å². The molecule has 1 N–H and O–H groups in total. The van der Waals surface area contributed by atoms with Crippen LogP contribution < -0.4 is 5.32 Å². The number of nitrogens with one attached hydrogen (secondary N) is 1. The van der Waals surface area contributed by atoms with E-state index >= 15 is 0 Å². The fourth-order valence-electron chi connectivity index (χ4n) is 2.10. The van der Waals surface area contributed by atoms with Gasteiger partial charge in [0.05, 0.1) is 5.56 Å². The van der Waals surface area contributed by atoms with Crippen LogP contribution in [0.3, 0.4) is 0 Å². The van der Waals surface area contributed by atoms with E-state index in [0.29, 0.717) is 16.6 Å². The predicted molar refractivity (Wildman–Crippen MR) is 75.1 cm³/mol. The molecule has 0 radical (unpaired) electrons. The van der Waals surface area contributed by atoms with Crippen molar-refractivity contribution < 1.29 is 13.2 Å². The Morgan fingerprint density at radius 2 is 1.95 bits per heavy atom. The van der Waals surface area contributed by atoms with Crippen LogP contribution >= 0.6 is 15.9 Å². The Kier molecular flexibility index (Phi) is 6.33. The van der Waals surface area contributed by atoms with E-state index in [1.165, 1.54) is 0 Å². The third-order valence-electron chi connectivity index (χ3n) is 2.99. The number of benzene rings is 1. The molecule has 108 valence electrons. The first-order valence-electron chi connectivity index (χ1n) is 6.50. The molecule has 0 spiro atoms. The standard InChI is InChI=1S/C14H19BrF3N/c1-3-5-6-13(19-4-2)11-8-7-10(15)9-12(11)14(16,17)18/h7-9,13,19H,3-6H2,1-2H3. The molecule has 0 aliphatic rings. The fourth-order valence-corrected chi connectivity index (χ4v) is 2.46. The first kappa shape index (κ1) is 16.5. The summed E-state index contributed by atoms with van der Waals surface area (Å²) in [5, 5.41) is 3.15. The maximum absolute atomic E-state index is 13.1. The van der Waals surface area contributed by atoms with Crippen LogP contribution in [-0.4, -0.2) is 6.54 Å². The molecular formula is C14H19BrF3N. The second kappa shape index (κ2) is 7.29. The Balaban J connectivity index is 3.14. The van der Waals surface area contributed by atoms with Crippen molar-refractivity contribution in [2.45, 2.75) is 45.3 Å². The molecule has 0 saturated carbocycles. The van der Waals surface area contributed by atoms with Gasteiger partial charge >= 0.3 is 6.18 Å². The number of rotatable bonds is 6. The van der Waals surface area contributed by atoms with E-state index < -0.39 is 11.7 Å². The summed E-state index contributed by atoms with van der Waals surface area (Å²) in [6, 6.07) is 4.15. The summed E-state index contributed by atoms with van der Waals surface area (Å²) in [5.41, 5.74) is -0.213. The van der Waals surface area contributed by atoms with E-state index in [1.54, 1.807) is 12.1 Å². The Hall–Kier alpha value is -0.550. The molecule has 0 saturated heterocycles. The van der Waals surface area contributed by atoms with Gasteiger partial charge in [-0.3, -0.25) is 0 Å². The van der Waals surface area contributed by atoms with Gasteiger partial charge in [0.25, 0.3) is 0 Å². The largest absolute Gasteiger partial charge is 0.416 e. The van der Waals surface area contributed by atoms with Gasteiger partial charge in [-0.15, -0.1) is 0 Å². The van der Waals surface area contributed by atoms with Crippen LogP contribution in [0.1, 0.15) is 50.3 Å². The molecule has 1 nitrogen and oxygen atoms in total. The lowest BCUT2D eigenvalue weighted by Gasteiger charge is -2.22. The second-order valence-corrected chi connectivity index (χ2v) is 5.40. The first-order valence-corrected chi connectivity index (χ1v) is 7.29. The van der Waals surface area contributed by atoms with Crippen molar-refractivity contribution in [1.29, 1.82) is 0 Å². The minimum atomic E-state index is -4.32. The molecule has 0 aliphatic carbocycles. The summed E-state index contributed by atoms with van der Waals surface area (Å²) in [7, 11) is 0. The van der Waals surface area contributed by atoms with Crippen LogP contribution in [0.25, 0.3) is 0 Å². The van der Waals surface area contributed by atoms with Gasteiger partial charge in [0.15, 0.2) is 0 Å². The van der Waals surface area contributed by atoms with Gasteiger partial charge in [-0.25, -0.2) is 0 Å². The van der Waals surface area contributed by atoms with Crippen LogP contribution in [0.2, 0.25) is 0 Å². The maximum atomic E-state index is 13.1. The fraction of sp³-hybridized carbons (Fsp3) is 0.571. The Labute approximate surface area is 120 Å². The molecule has 0 heterocycles. The molecule has 5 heteroatoms. The molecule has 0 fully saturated rings. The summed E-state index contributed by atoms with van der Waals surface area (Å²) in [5.74, 6) is 0. The quantitative estimate of drug-likeness (QED) is 0.741. The van der Waals surface area contributed by atoms with E-state index in [1.807, 2.05) is 13.8 Å². The first-order chi connectivity index (χ1) is 8.90. The SMILES string of the molecule is CCCCC(NCC)c1ccc(Br)cc1C(F)(F)F. The third kappa shape index (κ3) is 4.80. The highest BCUT2D eigenvalue weighted by molar-refractivity contribution is 9.10. The highest BCUT2D eigenvalue weighted by Gasteiger charge is 2.35. The normalized spacial score (nSPS) is 13.6. The predicted octanol–water partition coefficient (Wildman–Crippen LogP) is 5.31. The zero-order valence-corrected chi connectivity index (χ0v) is 12.7. The van der Waals surface area contributed by atoms with E-state index in [-0.39, 0.29) is 6.04 Å². The van der Waals surface area contributed by atoms with Crippen molar-refractivity contribution >= 4 is 15.9 Å². The smallest absolute Gasteiger partial charge is 0.310 e. The Morgan fingerprint density at radius 3 is 2.47 bits per heavy atom. The molecule has 0 bridgehead atoms. The summed E-state index contributed by atoms with van der Waals surface area (Å²) < 4.78 is 39.8. The molecule has 1 atom stereocenters. The van der Waals surface area contributed by atoms with E-state index in [2.05, 4.69) is 21.2 Å². The number of halogens is 4. The summed E-state index contributed by atoms with van der Waals surface area (Å²) in [6.07, 6.45) is -1.72. The van der Waals surface area contributed by atoms with Crippen molar-refractivity contribution in [2.24, 2.45) is 0 Å². The Bertz CT molecular complexity index is 404. The lowest BCUT2D eigenvalue weighted by Crippen LogP contribution is -2.24. The highest BCUT2D eigenvalue weighted by Crippen LogP contribution is 2.37. The minimum Gasteiger partial charge on any atom is -0.310 e. The summed E-state index contributed by atoms with van der Waals surface area (Å²) in [6.45, 7) is 4.60. The lowest BCUT2D eigenvalue weighted by atomic mass is 9.96. The van der Waals surface area contributed by atoms with Crippen LogP contribution in [0.4, 0.5) is 13.2 Å². The maximum Gasteiger partial charge on any atom is 0.416 e. The second-order valence-electron chi connectivity index (χ2n) is 4.48. The van der Waals surface area contributed by atoms with Gasteiger partial charge in [-0.1, -0.05) is 48.7 Å². The van der Waals surface area contributed by atoms with Crippen LogP contribution in [0, 0.1) is 0 Å². The van der Waals surface area contributed by atoms with Gasteiger partial charge in [0, 0.05) is 10.5 Å². The van der Waals surface area contributed by atoms with E-state index in [0.717, 1.165) is 25.3 Å². The number of hydrogen-bond acceptors (Lipinski definition) is 1. The van der Waals surface area contributed by atoms with Crippen molar-refractivity contribution in [3.05, 3.63) is 33.8 Å². The number of hydrogen-bond donors (Lipinski definition) is 1. The average molecular weight is 338 g/mol. The van der Waals surface area contributed by atoms with Crippen molar-refractivity contribution in [3.63, 3.8) is 0 Å². The molecule has 1 aromatic carbocycles. The van der Waals surface area contributed by atoms with Crippen LogP contribution in [0.15, 0.2) is 22.7 Å². The van der Waals surface area contributed by atoms with Crippen LogP contribution in [-0.2, 0) is 6.18 Å². The average Bonchev–Trinajstić information content (AvgIpc) is 2.33. The molecule has 1 aromatic rings. The molecule has 0 aromatic heterocycles. The zero-order valence-electron chi connectivity index (χ0n) is 11.1. The van der Waals surface area contributed by atoms with E-state index in [9.17, 15) is 13.2 Å². The van der Waals surface area contributed by atoms with Gasteiger partial charge < -0.3 is 5.32 Å². The zero-order chi connectivity index (χ0) is 14.5. The van der Waals surface area contributed by atoms with Crippen molar-refractivity contribution in [3.8, 4) is 0 Å². The van der Waals surface area contributed by atoms with Crippen molar-refractivity contribution in [1.82, 2.24) is 5.32 Å². The monoisotopic (exact) mass is 337 g/mol. The van der Waals surface area contributed by atoms with Crippen molar-refractivity contribution in [2.75, 3.05) is 6.54 Å². The van der Waals surface area contributed by atoms with Gasteiger partial charge in [-0.05, 0) is 30.7 Å². The summed E-state index contributed by atoms with van der Waals surface area (Å²) >= 11 is 3.11. The number of unbranched alkanes of at least 4 members (excludes halogenated alkanes) is 1. The van der Waals surface area contributed by atoms with E-state index in [4.69, 9.17) is 0 Å². The highest BCUT2D eigenvalue weighted by atomic mass is 79.9. The molecule has 19 heavy (non-hydrogen) atoms. The Morgan fingerprint density at radius 1 is 1.26 bits per heavy atom. The van der Waals surface area contributed by atoms with Crippen LogP contribution in [0.5, 0.6) is 0 Å². The molecule has 0 aliphatic heterocycles. The lowest BCUT2D eigenvalue weighted by molar-refractivity contribution is -0.138. The molecule has 1 rings (SSSR count). The third-order valence-corrected chi connectivity index (χ3v) is 3.49.